The molecule has 4 nitrogen and oxygen atoms in total. The molecule has 0 atom stereocenters. The Morgan fingerprint density at radius 1 is 1.40 bits per heavy atom. The third kappa shape index (κ3) is 4.24. The summed E-state index contributed by atoms with van der Waals surface area (Å²) in [6.07, 6.45) is 3.75. The Morgan fingerprint density at radius 2 is 2.15 bits per heavy atom. The van der Waals surface area contributed by atoms with Crippen LogP contribution >= 0.6 is 27.3 Å². The summed E-state index contributed by atoms with van der Waals surface area (Å²) >= 11 is 5.13. The van der Waals surface area contributed by atoms with E-state index in [0.717, 1.165) is 26.9 Å². The standard InChI is InChI=1S/C13H20BrN3OSSi/c1-10-16-12(14)11(19-10)13-15-5-6-17(13)9-18-7-8-20(2,3)4/h5-6H,7-9H2,1-4H3. The second-order valence-corrected chi connectivity index (χ2v) is 13.5. The van der Waals surface area contributed by atoms with Crippen LogP contribution in [0.1, 0.15) is 5.01 Å². The van der Waals surface area contributed by atoms with Crippen LogP contribution in [0.5, 0.6) is 0 Å². The fourth-order valence-corrected chi connectivity index (χ4v) is 4.09. The van der Waals surface area contributed by atoms with Gasteiger partial charge in [0.05, 0.1) is 5.01 Å². The molecule has 2 heterocycles. The number of hydrogen-bond donors (Lipinski definition) is 0. The first kappa shape index (κ1) is 15.9. The Kier molecular flexibility index (Phi) is 5.17. The molecule has 0 radical (unpaired) electrons. The molecule has 20 heavy (non-hydrogen) atoms. The monoisotopic (exact) mass is 373 g/mol. The van der Waals surface area contributed by atoms with Gasteiger partial charge in [-0.3, -0.25) is 0 Å². The maximum Gasteiger partial charge on any atom is 0.154 e. The lowest BCUT2D eigenvalue weighted by Crippen LogP contribution is -2.22. The zero-order chi connectivity index (χ0) is 14.8. The molecular formula is C13H20BrN3OSSi. The van der Waals surface area contributed by atoms with Crippen LogP contribution in [0.4, 0.5) is 0 Å². The van der Waals surface area contributed by atoms with Crippen molar-refractivity contribution < 1.29 is 4.74 Å². The molecule has 0 bridgehead atoms. The largest absolute Gasteiger partial charge is 0.361 e. The molecule has 0 aliphatic heterocycles. The summed E-state index contributed by atoms with van der Waals surface area (Å²) in [6, 6.07) is 1.18. The lowest BCUT2D eigenvalue weighted by atomic mass is 10.5. The minimum atomic E-state index is -1.03. The highest BCUT2D eigenvalue weighted by Gasteiger charge is 2.15. The van der Waals surface area contributed by atoms with Crippen LogP contribution in [0.2, 0.25) is 25.7 Å². The number of aromatic nitrogens is 3. The van der Waals surface area contributed by atoms with Crippen LogP contribution in [-0.4, -0.2) is 29.2 Å². The SMILES string of the molecule is Cc1nc(Br)c(-c2nccn2COCC[Si](C)(C)C)s1. The van der Waals surface area contributed by atoms with Crippen molar-refractivity contribution >= 4 is 35.3 Å². The van der Waals surface area contributed by atoms with Crippen molar-refractivity contribution in [3.8, 4) is 10.7 Å². The van der Waals surface area contributed by atoms with Crippen molar-refractivity contribution in [2.75, 3.05) is 6.61 Å². The lowest BCUT2D eigenvalue weighted by molar-refractivity contribution is 0.0883. The molecule has 0 N–H and O–H groups in total. The molecule has 0 saturated heterocycles. The van der Waals surface area contributed by atoms with Gasteiger partial charge < -0.3 is 9.30 Å². The first-order valence-corrected chi connectivity index (χ1v) is 11.9. The average Bonchev–Trinajstić information content (AvgIpc) is 2.89. The number of nitrogens with zero attached hydrogens (tertiary/aromatic N) is 3. The van der Waals surface area contributed by atoms with Crippen molar-refractivity contribution in [3.05, 3.63) is 22.0 Å². The number of aryl methyl sites for hydroxylation is 1. The Labute approximate surface area is 133 Å². The van der Waals surface area contributed by atoms with E-state index in [1.807, 2.05) is 17.7 Å². The highest BCUT2D eigenvalue weighted by molar-refractivity contribution is 9.10. The van der Waals surface area contributed by atoms with Gasteiger partial charge in [0.25, 0.3) is 0 Å². The highest BCUT2D eigenvalue weighted by atomic mass is 79.9. The third-order valence-corrected chi connectivity index (χ3v) is 6.35. The third-order valence-electron chi connectivity index (χ3n) is 2.84. The van der Waals surface area contributed by atoms with E-state index in [1.165, 1.54) is 6.04 Å². The molecule has 7 heteroatoms. The second-order valence-electron chi connectivity index (χ2n) is 5.92. The molecule has 2 aromatic heterocycles. The van der Waals surface area contributed by atoms with Crippen molar-refractivity contribution in [2.45, 2.75) is 39.3 Å². The van der Waals surface area contributed by atoms with E-state index in [4.69, 9.17) is 4.74 Å². The summed E-state index contributed by atoms with van der Waals surface area (Å²) < 4.78 is 8.68. The molecule has 2 aromatic rings. The van der Waals surface area contributed by atoms with E-state index in [0.29, 0.717) is 6.73 Å². The smallest absolute Gasteiger partial charge is 0.154 e. The van der Waals surface area contributed by atoms with Crippen molar-refractivity contribution in [1.29, 1.82) is 0 Å². The molecule has 110 valence electrons. The molecule has 0 aromatic carbocycles. The van der Waals surface area contributed by atoms with Gasteiger partial charge in [0, 0.05) is 27.1 Å². The van der Waals surface area contributed by atoms with Crippen molar-refractivity contribution in [3.63, 3.8) is 0 Å². The van der Waals surface area contributed by atoms with E-state index in [-0.39, 0.29) is 0 Å². The number of hydrogen-bond acceptors (Lipinski definition) is 4. The fraction of sp³-hybridized carbons (Fsp3) is 0.538. The number of halogens is 1. The number of rotatable bonds is 6. The predicted molar refractivity (Wildman–Crippen MR) is 89.9 cm³/mol. The van der Waals surface area contributed by atoms with E-state index in [1.54, 1.807) is 17.5 Å². The normalized spacial score (nSPS) is 12.1. The van der Waals surface area contributed by atoms with Crippen LogP contribution in [0.15, 0.2) is 17.0 Å². The molecule has 0 aliphatic carbocycles. The van der Waals surface area contributed by atoms with E-state index in [2.05, 4.69) is 45.5 Å². The summed E-state index contributed by atoms with van der Waals surface area (Å²) in [5.74, 6) is 0.912. The molecule has 2 rings (SSSR count). The van der Waals surface area contributed by atoms with Gasteiger partial charge in [-0.1, -0.05) is 19.6 Å². The van der Waals surface area contributed by atoms with Gasteiger partial charge in [-0.05, 0) is 28.9 Å². The molecule has 0 aliphatic rings. The minimum Gasteiger partial charge on any atom is -0.361 e. The van der Waals surface area contributed by atoms with Gasteiger partial charge >= 0.3 is 0 Å². The topological polar surface area (TPSA) is 39.9 Å². The Balaban J connectivity index is 2.01. The molecule has 0 fully saturated rings. The average molecular weight is 374 g/mol. The summed E-state index contributed by atoms with van der Waals surface area (Å²) in [5.41, 5.74) is 0. The summed E-state index contributed by atoms with van der Waals surface area (Å²) in [6.45, 7) is 10.4. The number of ether oxygens (including phenoxy) is 1. The molecule has 0 amide bonds. The maximum atomic E-state index is 5.79. The summed E-state index contributed by atoms with van der Waals surface area (Å²) in [5, 5.41) is 1.03. The van der Waals surface area contributed by atoms with Crippen LogP contribution in [-0.2, 0) is 11.5 Å². The van der Waals surface area contributed by atoms with Crippen LogP contribution in [0.25, 0.3) is 10.7 Å². The van der Waals surface area contributed by atoms with Crippen LogP contribution in [0.3, 0.4) is 0 Å². The van der Waals surface area contributed by atoms with Crippen LogP contribution in [0, 0.1) is 6.92 Å². The first-order chi connectivity index (χ1) is 9.37. The van der Waals surface area contributed by atoms with Gasteiger partial charge in [-0.15, -0.1) is 11.3 Å². The minimum absolute atomic E-state index is 0.545. The summed E-state index contributed by atoms with van der Waals surface area (Å²) in [4.78, 5) is 9.86. The van der Waals surface area contributed by atoms with Gasteiger partial charge in [-0.25, -0.2) is 9.97 Å². The van der Waals surface area contributed by atoms with Crippen molar-refractivity contribution in [2.24, 2.45) is 0 Å². The lowest BCUT2D eigenvalue weighted by Gasteiger charge is -2.15. The maximum absolute atomic E-state index is 5.79. The van der Waals surface area contributed by atoms with E-state index >= 15 is 0 Å². The Bertz CT molecular complexity index is 576. The molecule has 0 saturated carbocycles. The van der Waals surface area contributed by atoms with Gasteiger partial charge in [0.1, 0.15) is 16.2 Å². The second kappa shape index (κ2) is 6.51. The van der Waals surface area contributed by atoms with Gasteiger partial charge in [0.15, 0.2) is 5.82 Å². The quantitative estimate of drug-likeness (QED) is 0.556. The van der Waals surface area contributed by atoms with Crippen molar-refractivity contribution in [1.82, 2.24) is 14.5 Å². The zero-order valence-corrected chi connectivity index (χ0v) is 15.7. The molecule has 0 unspecified atom stereocenters. The highest BCUT2D eigenvalue weighted by Crippen LogP contribution is 2.32. The van der Waals surface area contributed by atoms with E-state index in [9.17, 15) is 0 Å². The van der Waals surface area contributed by atoms with E-state index < -0.39 is 8.07 Å². The summed E-state index contributed by atoms with van der Waals surface area (Å²) in [7, 11) is -1.03. The van der Waals surface area contributed by atoms with Gasteiger partial charge in [0.2, 0.25) is 0 Å². The van der Waals surface area contributed by atoms with Crippen LogP contribution < -0.4 is 0 Å². The predicted octanol–water partition coefficient (Wildman–Crippen LogP) is 4.39. The number of thiazole rings is 1. The molecule has 0 spiro atoms. The molecular weight excluding hydrogens is 354 g/mol. The number of imidazole rings is 1. The zero-order valence-electron chi connectivity index (χ0n) is 12.3. The Morgan fingerprint density at radius 3 is 2.75 bits per heavy atom. The van der Waals surface area contributed by atoms with Gasteiger partial charge in [-0.2, -0.15) is 0 Å². The fourth-order valence-electron chi connectivity index (χ4n) is 1.70. The first-order valence-electron chi connectivity index (χ1n) is 6.59. The Hall–Kier alpha value is -0.503.